The van der Waals surface area contributed by atoms with E-state index in [9.17, 15) is 18.8 Å². The molecule has 1 aliphatic heterocycles. The van der Waals surface area contributed by atoms with Crippen molar-refractivity contribution in [3.8, 4) is 0 Å². The van der Waals surface area contributed by atoms with Crippen molar-refractivity contribution in [3.05, 3.63) is 89.2 Å². The maximum absolute atomic E-state index is 13.8. The second-order valence-electron chi connectivity index (χ2n) is 8.42. The first kappa shape index (κ1) is 24.7. The first-order valence-corrected chi connectivity index (χ1v) is 11.4. The monoisotopic (exact) mass is 487 g/mol. The lowest BCUT2D eigenvalue weighted by molar-refractivity contribution is -0.140. The van der Waals surface area contributed by atoms with E-state index >= 15 is 0 Å². The minimum absolute atomic E-state index is 0.0859. The zero-order valence-electron chi connectivity index (χ0n) is 20.2. The van der Waals surface area contributed by atoms with Gasteiger partial charge in [0, 0.05) is 37.3 Å². The average Bonchev–Trinajstić information content (AvgIpc) is 3.20. The number of rotatable bonds is 7. The molecule has 2 N–H and O–H groups in total. The van der Waals surface area contributed by atoms with Gasteiger partial charge in [0.2, 0.25) is 5.91 Å². The molecule has 3 aromatic rings. The molecule has 3 aromatic carbocycles. The molecule has 0 saturated heterocycles. The predicted molar refractivity (Wildman–Crippen MR) is 138 cm³/mol. The van der Waals surface area contributed by atoms with Crippen molar-refractivity contribution in [2.45, 2.75) is 19.8 Å². The summed E-state index contributed by atoms with van der Waals surface area (Å²) in [5, 5.41) is 6.08. The highest BCUT2D eigenvalue weighted by Crippen LogP contribution is 2.38. The molecule has 1 heterocycles. The minimum atomic E-state index is -0.440. The maximum atomic E-state index is 13.8. The number of methoxy groups -OCH3 is 1. The van der Waals surface area contributed by atoms with Crippen LogP contribution in [-0.2, 0) is 25.5 Å². The fraction of sp³-hybridized carbons (Fsp3) is 0.179. The van der Waals surface area contributed by atoms with Gasteiger partial charge in [-0.1, -0.05) is 24.3 Å². The van der Waals surface area contributed by atoms with Gasteiger partial charge in [-0.3, -0.25) is 14.4 Å². The number of hydrogen-bond donors (Lipinski definition) is 2. The van der Waals surface area contributed by atoms with Gasteiger partial charge in [-0.25, -0.2) is 4.39 Å². The maximum Gasteiger partial charge on any atom is 0.305 e. The smallest absolute Gasteiger partial charge is 0.305 e. The Hall–Kier alpha value is -4.46. The van der Waals surface area contributed by atoms with Crippen LogP contribution in [0.5, 0.6) is 0 Å². The Bertz CT molecular complexity index is 1350. The zero-order chi connectivity index (χ0) is 25.8. The van der Waals surface area contributed by atoms with Crippen molar-refractivity contribution in [1.82, 2.24) is 0 Å². The number of halogens is 1. The Kier molecular flexibility index (Phi) is 7.15. The fourth-order valence-electron chi connectivity index (χ4n) is 3.95. The van der Waals surface area contributed by atoms with E-state index in [0.717, 1.165) is 16.8 Å². The summed E-state index contributed by atoms with van der Waals surface area (Å²) in [6, 6.07) is 19.0. The molecule has 0 unspecified atom stereocenters. The van der Waals surface area contributed by atoms with E-state index in [1.807, 2.05) is 36.4 Å². The number of anilines is 3. The van der Waals surface area contributed by atoms with Crippen LogP contribution >= 0.6 is 0 Å². The fourth-order valence-corrected chi connectivity index (χ4v) is 3.95. The number of fused-ring (bicyclic) bond motifs is 1. The van der Waals surface area contributed by atoms with Crippen LogP contribution in [-0.4, -0.2) is 31.9 Å². The second-order valence-corrected chi connectivity index (χ2v) is 8.42. The second kappa shape index (κ2) is 10.4. The lowest BCUT2D eigenvalue weighted by Crippen LogP contribution is -2.22. The molecule has 0 radical (unpaired) electrons. The Morgan fingerprint density at radius 1 is 1.03 bits per heavy atom. The number of carbonyl (C=O) groups is 3. The first-order chi connectivity index (χ1) is 17.3. The van der Waals surface area contributed by atoms with E-state index in [-0.39, 0.29) is 24.2 Å². The van der Waals surface area contributed by atoms with Crippen LogP contribution in [0.3, 0.4) is 0 Å². The third-order valence-electron chi connectivity index (χ3n) is 6.06. The highest BCUT2D eigenvalue weighted by atomic mass is 19.1. The van der Waals surface area contributed by atoms with Crippen LogP contribution in [0, 0.1) is 5.82 Å². The Morgan fingerprint density at radius 3 is 2.36 bits per heavy atom. The van der Waals surface area contributed by atoms with Crippen molar-refractivity contribution in [1.29, 1.82) is 0 Å². The number of carbonyl (C=O) groups excluding carboxylic acids is 3. The van der Waals surface area contributed by atoms with Gasteiger partial charge in [-0.2, -0.15) is 0 Å². The summed E-state index contributed by atoms with van der Waals surface area (Å²) in [5.74, 6) is -1.16. The first-order valence-electron chi connectivity index (χ1n) is 11.4. The van der Waals surface area contributed by atoms with E-state index in [1.165, 1.54) is 31.1 Å². The van der Waals surface area contributed by atoms with Crippen molar-refractivity contribution in [2.75, 3.05) is 29.7 Å². The molecule has 0 atom stereocenters. The van der Waals surface area contributed by atoms with Crippen molar-refractivity contribution >= 4 is 46.1 Å². The molecule has 0 bridgehead atoms. The van der Waals surface area contributed by atoms with Crippen molar-refractivity contribution in [3.63, 3.8) is 0 Å². The summed E-state index contributed by atoms with van der Waals surface area (Å²) >= 11 is 0. The van der Waals surface area contributed by atoms with E-state index in [1.54, 1.807) is 25.2 Å². The van der Waals surface area contributed by atoms with Crippen LogP contribution in [0.2, 0.25) is 0 Å². The molecule has 8 heteroatoms. The van der Waals surface area contributed by atoms with E-state index in [0.29, 0.717) is 34.6 Å². The quantitative estimate of drug-likeness (QED) is 0.368. The largest absolute Gasteiger partial charge is 0.469 e. The number of benzene rings is 3. The highest BCUT2D eigenvalue weighted by molar-refractivity contribution is 6.37. The number of nitrogens with zero attached hydrogens (tertiary/aromatic N) is 1. The standard InChI is InChI=1S/C28H26FN3O4/c1-17(33)32(2)22-12-10-21(11-13-22)30-27(19-7-4-18(5-8-19)6-15-25(34)36-3)26-23-14-9-20(29)16-24(23)31-28(26)35/h4-5,7-14,16,30H,6,15H2,1-3H3,(H,31,35). The molecule has 4 rings (SSSR count). The predicted octanol–water partition coefficient (Wildman–Crippen LogP) is 4.85. The van der Waals surface area contributed by atoms with E-state index in [4.69, 9.17) is 4.74 Å². The summed E-state index contributed by atoms with van der Waals surface area (Å²) in [6.07, 6.45) is 0.796. The van der Waals surface area contributed by atoms with Gasteiger partial charge in [0.25, 0.3) is 5.91 Å². The molecule has 0 aliphatic carbocycles. The Morgan fingerprint density at radius 2 is 1.72 bits per heavy atom. The molecule has 1 aliphatic rings. The number of nitrogens with one attached hydrogen (secondary N) is 2. The molecule has 7 nitrogen and oxygen atoms in total. The summed E-state index contributed by atoms with van der Waals surface area (Å²) < 4.78 is 18.5. The van der Waals surface area contributed by atoms with Gasteiger partial charge in [0.1, 0.15) is 5.82 Å². The zero-order valence-corrected chi connectivity index (χ0v) is 20.2. The van der Waals surface area contributed by atoms with E-state index < -0.39 is 5.82 Å². The molecule has 0 saturated carbocycles. The molecular weight excluding hydrogens is 461 g/mol. The SMILES string of the molecule is COC(=O)CCc1ccc(C(Nc2ccc(N(C)C(C)=O)cc2)=C2C(=O)Nc3cc(F)ccc32)cc1. The van der Waals surface area contributed by atoms with Crippen LogP contribution in [0.25, 0.3) is 11.3 Å². The van der Waals surface area contributed by atoms with Crippen LogP contribution in [0.4, 0.5) is 21.5 Å². The number of ether oxygens (including phenoxy) is 1. The van der Waals surface area contributed by atoms with Crippen LogP contribution < -0.4 is 15.5 Å². The van der Waals surface area contributed by atoms with Gasteiger partial charge in [0.15, 0.2) is 0 Å². The number of amides is 2. The Labute approximate surface area is 208 Å². The molecule has 0 fully saturated rings. The van der Waals surface area contributed by atoms with Gasteiger partial charge >= 0.3 is 5.97 Å². The highest BCUT2D eigenvalue weighted by Gasteiger charge is 2.29. The summed E-state index contributed by atoms with van der Waals surface area (Å²) in [6.45, 7) is 1.49. The normalized spacial score (nSPS) is 13.5. The molecule has 36 heavy (non-hydrogen) atoms. The number of esters is 1. The third kappa shape index (κ3) is 5.27. The van der Waals surface area contributed by atoms with Gasteiger partial charge in [-0.05, 0) is 60.0 Å². The molecular formula is C28H26FN3O4. The van der Waals surface area contributed by atoms with Crippen LogP contribution in [0.15, 0.2) is 66.7 Å². The lowest BCUT2D eigenvalue weighted by atomic mass is 9.98. The average molecular weight is 488 g/mol. The Balaban J connectivity index is 1.73. The summed E-state index contributed by atoms with van der Waals surface area (Å²) in [5.41, 5.74) is 5.05. The van der Waals surface area contributed by atoms with Crippen LogP contribution in [0.1, 0.15) is 30.0 Å². The van der Waals surface area contributed by atoms with E-state index in [2.05, 4.69) is 10.6 Å². The molecule has 0 aromatic heterocycles. The molecule has 2 amide bonds. The minimum Gasteiger partial charge on any atom is -0.469 e. The third-order valence-corrected chi connectivity index (χ3v) is 6.06. The summed E-state index contributed by atoms with van der Waals surface area (Å²) in [4.78, 5) is 37.7. The van der Waals surface area contributed by atoms with Crippen molar-refractivity contribution < 1.29 is 23.5 Å². The number of aryl methyl sites for hydroxylation is 1. The summed E-state index contributed by atoms with van der Waals surface area (Å²) in [7, 11) is 3.05. The topological polar surface area (TPSA) is 87.7 Å². The molecule has 0 spiro atoms. The number of hydrogen-bond acceptors (Lipinski definition) is 5. The van der Waals surface area contributed by atoms with Gasteiger partial charge in [-0.15, -0.1) is 0 Å². The lowest BCUT2D eigenvalue weighted by Gasteiger charge is -2.18. The van der Waals surface area contributed by atoms with Crippen molar-refractivity contribution in [2.24, 2.45) is 0 Å². The molecule has 184 valence electrons. The van der Waals surface area contributed by atoms with Gasteiger partial charge < -0.3 is 20.3 Å². The van der Waals surface area contributed by atoms with Gasteiger partial charge in [0.05, 0.1) is 24.1 Å².